The number of anilines is 1. The number of nitrogens with one attached hydrogen (secondary N) is 3. The van der Waals surface area contributed by atoms with Crippen LogP contribution < -0.4 is 16.2 Å². The number of carbonyl (C=O) groups excluding carboxylic acids is 1. The monoisotopic (exact) mass is 415 g/mol. The van der Waals surface area contributed by atoms with Gasteiger partial charge in [-0.1, -0.05) is 0 Å². The molecule has 3 rings (SSSR count). The second-order valence-corrected chi connectivity index (χ2v) is 6.88. The molecule has 2 aromatic rings. The van der Waals surface area contributed by atoms with Gasteiger partial charge < -0.3 is 5.32 Å². The summed E-state index contributed by atoms with van der Waals surface area (Å²) in [5.74, 6) is -0.547. The maximum atomic E-state index is 12.9. The smallest absolute Gasteiger partial charge is 0.329 e. The number of aromatic nitrogens is 4. The van der Waals surface area contributed by atoms with E-state index in [9.17, 15) is 18.0 Å². The van der Waals surface area contributed by atoms with E-state index in [4.69, 9.17) is 12.2 Å². The van der Waals surface area contributed by atoms with Gasteiger partial charge in [0.1, 0.15) is 6.54 Å². The third kappa shape index (κ3) is 4.61. The van der Waals surface area contributed by atoms with Gasteiger partial charge in [-0.3, -0.25) is 25.0 Å². The topological polar surface area (TPSA) is 88.8 Å². The minimum atomic E-state index is -4.55. The van der Waals surface area contributed by atoms with E-state index in [0.29, 0.717) is 17.9 Å². The Kier molecular flexibility index (Phi) is 5.59. The van der Waals surface area contributed by atoms with Crippen molar-refractivity contribution in [2.45, 2.75) is 51.9 Å². The second kappa shape index (κ2) is 7.78. The first-order chi connectivity index (χ1) is 13.2. The summed E-state index contributed by atoms with van der Waals surface area (Å²) < 4.78 is 41.6. The minimum absolute atomic E-state index is 0.0187. The number of rotatable bonds is 5. The fraction of sp³-hybridized carbons (Fsp3) is 0.500. The quantitative estimate of drug-likeness (QED) is 0.513. The molecular weight excluding hydrogens is 395 g/mol. The van der Waals surface area contributed by atoms with Gasteiger partial charge in [0.25, 0.3) is 5.91 Å². The lowest BCUT2D eigenvalue weighted by Crippen LogP contribution is -2.45. The summed E-state index contributed by atoms with van der Waals surface area (Å²) >= 11 is 5.11. The zero-order chi connectivity index (χ0) is 20.5. The number of nitrogens with zero attached hydrogens (tertiary/aromatic N) is 4. The highest BCUT2D eigenvalue weighted by molar-refractivity contribution is 7.80. The maximum absolute atomic E-state index is 12.9. The fourth-order valence-corrected chi connectivity index (χ4v) is 2.91. The number of carbonyl (C=O) groups is 1. The van der Waals surface area contributed by atoms with Crippen molar-refractivity contribution in [2.75, 3.05) is 5.32 Å². The molecule has 12 heteroatoms. The molecule has 0 radical (unpaired) electrons. The van der Waals surface area contributed by atoms with Crippen LogP contribution in [0.15, 0.2) is 12.3 Å². The van der Waals surface area contributed by atoms with Crippen LogP contribution in [0.2, 0.25) is 0 Å². The van der Waals surface area contributed by atoms with E-state index in [1.165, 1.54) is 0 Å². The fourth-order valence-electron chi connectivity index (χ4n) is 2.75. The van der Waals surface area contributed by atoms with Crippen molar-refractivity contribution >= 4 is 28.9 Å². The molecule has 0 spiro atoms. The Balaban J connectivity index is 1.56. The van der Waals surface area contributed by atoms with Crippen LogP contribution in [0.25, 0.3) is 0 Å². The van der Waals surface area contributed by atoms with Crippen molar-refractivity contribution in [3.63, 3.8) is 0 Å². The summed E-state index contributed by atoms with van der Waals surface area (Å²) in [6.07, 6.45) is -1.35. The predicted molar refractivity (Wildman–Crippen MR) is 99.3 cm³/mol. The average molecular weight is 415 g/mol. The molecule has 2 heterocycles. The van der Waals surface area contributed by atoms with E-state index in [-0.39, 0.29) is 17.6 Å². The SMILES string of the molecule is CCn1ncc(NC(=S)NNC(=O)Cn2nc(C(F)(F)F)cc2C2CC2)c1C. The lowest BCUT2D eigenvalue weighted by Gasteiger charge is -2.12. The van der Waals surface area contributed by atoms with Crippen LogP contribution in [0.5, 0.6) is 0 Å². The Morgan fingerprint density at radius 3 is 2.61 bits per heavy atom. The number of hydrazine groups is 1. The standard InChI is InChI=1S/C16H20F3N7OS/c1-3-25-9(2)11(7-20-25)21-15(28)23-22-14(27)8-26-12(10-4-5-10)6-13(24-26)16(17,18)19/h6-7,10H,3-5,8H2,1-2H3,(H,22,27)(H2,21,23,28). The van der Waals surface area contributed by atoms with E-state index < -0.39 is 17.8 Å². The first kappa shape index (κ1) is 20.1. The van der Waals surface area contributed by atoms with Crippen LogP contribution in [0.4, 0.5) is 18.9 Å². The number of thiocarbonyl (C=S) groups is 1. The van der Waals surface area contributed by atoms with E-state index in [2.05, 4.69) is 26.4 Å². The number of aryl methyl sites for hydroxylation is 1. The Morgan fingerprint density at radius 2 is 2.04 bits per heavy atom. The van der Waals surface area contributed by atoms with Crippen molar-refractivity contribution in [1.82, 2.24) is 30.4 Å². The van der Waals surface area contributed by atoms with Gasteiger partial charge >= 0.3 is 6.18 Å². The van der Waals surface area contributed by atoms with Crippen LogP contribution in [0.3, 0.4) is 0 Å². The number of hydrogen-bond donors (Lipinski definition) is 3. The second-order valence-electron chi connectivity index (χ2n) is 6.47. The molecule has 1 saturated carbocycles. The normalized spacial score (nSPS) is 14.0. The molecule has 8 nitrogen and oxygen atoms in total. The zero-order valence-electron chi connectivity index (χ0n) is 15.3. The first-order valence-corrected chi connectivity index (χ1v) is 9.13. The predicted octanol–water partition coefficient (Wildman–Crippen LogP) is 2.32. The summed E-state index contributed by atoms with van der Waals surface area (Å²) in [7, 11) is 0. The molecule has 152 valence electrons. The van der Waals surface area contributed by atoms with Crippen molar-refractivity contribution in [3.8, 4) is 0 Å². The van der Waals surface area contributed by atoms with Crippen LogP contribution in [-0.2, 0) is 24.1 Å². The van der Waals surface area contributed by atoms with Crippen LogP contribution >= 0.6 is 12.2 Å². The summed E-state index contributed by atoms with van der Waals surface area (Å²) in [5, 5.41) is 10.7. The summed E-state index contributed by atoms with van der Waals surface area (Å²) in [4.78, 5) is 12.1. The molecule has 2 aromatic heterocycles. The lowest BCUT2D eigenvalue weighted by molar-refractivity contribution is -0.141. The number of amides is 1. The molecule has 1 fully saturated rings. The van der Waals surface area contributed by atoms with E-state index in [1.807, 2.05) is 13.8 Å². The van der Waals surface area contributed by atoms with Crippen molar-refractivity contribution in [2.24, 2.45) is 0 Å². The number of hydrogen-bond acceptors (Lipinski definition) is 4. The van der Waals surface area contributed by atoms with Gasteiger partial charge in [0.05, 0.1) is 17.6 Å². The minimum Gasteiger partial charge on any atom is -0.329 e. The molecule has 0 atom stereocenters. The van der Waals surface area contributed by atoms with Gasteiger partial charge in [-0.2, -0.15) is 23.4 Å². The van der Waals surface area contributed by atoms with Crippen molar-refractivity contribution in [3.05, 3.63) is 29.3 Å². The molecule has 0 saturated heterocycles. The Hall–Kier alpha value is -2.63. The van der Waals surface area contributed by atoms with Gasteiger partial charge in [-0.25, -0.2) is 0 Å². The van der Waals surface area contributed by atoms with Gasteiger partial charge in [0.2, 0.25) is 0 Å². The Morgan fingerprint density at radius 1 is 1.32 bits per heavy atom. The molecule has 0 unspecified atom stereocenters. The largest absolute Gasteiger partial charge is 0.435 e. The maximum Gasteiger partial charge on any atom is 0.435 e. The van der Waals surface area contributed by atoms with Gasteiger partial charge in [0, 0.05) is 18.2 Å². The highest BCUT2D eigenvalue weighted by Crippen LogP contribution is 2.42. The summed E-state index contributed by atoms with van der Waals surface area (Å²) in [5.41, 5.74) is 5.89. The van der Waals surface area contributed by atoms with Crippen LogP contribution in [-0.4, -0.2) is 30.6 Å². The number of alkyl halides is 3. The van der Waals surface area contributed by atoms with Gasteiger partial charge in [0.15, 0.2) is 10.8 Å². The molecule has 0 bridgehead atoms. The lowest BCUT2D eigenvalue weighted by atomic mass is 10.2. The van der Waals surface area contributed by atoms with Crippen LogP contribution in [0.1, 0.15) is 42.8 Å². The first-order valence-electron chi connectivity index (χ1n) is 8.72. The highest BCUT2D eigenvalue weighted by Gasteiger charge is 2.38. The van der Waals surface area contributed by atoms with Crippen molar-refractivity contribution in [1.29, 1.82) is 0 Å². The van der Waals surface area contributed by atoms with E-state index in [0.717, 1.165) is 29.3 Å². The van der Waals surface area contributed by atoms with Crippen LogP contribution in [0, 0.1) is 6.92 Å². The van der Waals surface area contributed by atoms with E-state index >= 15 is 0 Å². The third-order valence-corrected chi connectivity index (χ3v) is 4.56. The summed E-state index contributed by atoms with van der Waals surface area (Å²) in [6.45, 7) is 4.19. The molecule has 1 aliphatic rings. The Labute approximate surface area is 164 Å². The molecule has 1 aliphatic carbocycles. The molecule has 0 aromatic carbocycles. The third-order valence-electron chi connectivity index (χ3n) is 4.36. The number of halogens is 3. The average Bonchev–Trinajstić information content (AvgIpc) is 3.29. The molecule has 3 N–H and O–H groups in total. The summed E-state index contributed by atoms with van der Waals surface area (Å²) in [6, 6.07) is 1.01. The van der Waals surface area contributed by atoms with Gasteiger partial charge in [-0.15, -0.1) is 0 Å². The zero-order valence-corrected chi connectivity index (χ0v) is 16.1. The molecule has 1 amide bonds. The molecule has 28 heavy (non-hydrogen) atoms. The highest BCUT2D eigenvalue weighted by atomic mass is 32.1. The molecule has 0 aliphatic heterocycles. The molecular formula is C16H20F3N7OS. The Bertz CT molecular complexity index is 885. The van der Waals surface area contributed by atoms with E-state index in [1.54, 1.807) is 10.9 Å². The van der Waals surface area contributed by atoms with Gasteiger partial charge in [-0.05, 0) is 45.0 Å². The van der Waals surface area contributed by atoms with Crippen molar-refractivity contribution < 1.29 is 18.0 Å².